The van der Waals surface area contributed by atoms with Gasteiger partial charge in [-0.3, -0.25) is 4.21 Å². The number of benzene rings is 2. The Balaban J connectivity index is 0.000000187. The number of hydrogen-bond acceptors (Lipinski definition) is 5. The van der Waals surface area contributed by atoms with Crippen molar-refractivity contribution in [1.82, 2.24) is 0 Å². The van der Waals surface area contributed by atoms with Crippen molar-refractivity contribution in [3.05, 3.63) is 53.4 Å². The van der Waals surface area contributed by atoms with Crippen LogP contribution in [0.1, 0.15) is 5.56 Å². The molecule has 0 bridgehead atoms. The molecular formula is C20H20O4S2. The molecule has 1 heterocycles. The van der Waals surface area contributed by atoms with E-state index in [-0.39, 0.29) is 12.4 Å². The average molecular weight is 389 g/mol. The first-order chi connectivity index (χ1) is 12.6. The predicted molar refractivity (Wildman–Crippen MR) is 107 cm³/mol. The van der Waals surface area contributed by atoms with E-state index < -0.39 is 10.8 Å². The standard InChI is InChI=1S/2C10H10O2S/c1-12-8-2-3-10-9(4-8)7(5-11)6-13-10;1-3-8-13(11)10-6-4-9(12-2)5-7-10/h2-4,6,11H,5H2,1H3;1,4-7H,8H2,2H3. The van der Waals surface area contributed by atoms with E-state index in [1.54, 1.807) is 49.8 Å². The highest BCUT2D eigenvalue weighted by Crippen LogP contribution is 2.29. The number of ether oxygens (including phenoxy) is 2. The molecule has 26 heavy (non-hydrogen) atoms. The van der Waals surface area contributed by atoms with Crippen LogP contribution in [0.5, 0.6) is 11.5 Å². The lowest BCUT2D eigenvalue weighted by atomic mass is 10.2. The topological polar surface area (TPSA) is 55.8 Å². The van der Waals surface area contributed by atoms with Crippen molar-refractivity contribution < 1.29 is 18.8 Å². The number of terminal acetylenes is 1. The van der Waals surface area contributed by atoms with Gasteiger partial charge in [-0.1, -0.05) is 5.92 Å². The zero-order chi connectivity index (χ0) is 18.9. The third-order valence-corrected chi connectivity index (χ3v) is 5.81. The van der Waals surface area contributed by atoms with Gasteiger partial charge in [-0.05, 0) is 53.4 Å². The average Bonchev–Trinajstić information content (AvgIpc) is 3.11. The first kappa shape index (κ1) is 20.0. The van der Waals surface area contributed by atoms with Crippen LogP contribution < -0.4 is 9.47 Å². The largest absolute Gasteiger partial charge is 0.497 e. The molecule has 1 N–H and O–H groups in total. The maximum absolute atomic E-state index is 11.4. The number of thiophene rings is 1. The summed E-state index contributed by atoms with van der Waals surface area (Å²) in [4.78, 5) is 0.735. The van der Waals surface area contributed by atoms with Crippen molar-refractivity contribution in [2.45, 2.75) is 11.5 Å². The minimum atomic E-state index is -1.09. The third kappa shape index (κ3) is 5.09. The molecule has 3 aromatic rings. The van der Waals surface area contributed by atoms with Gasteiger partial charge in [0.2, 0.25) is 0 Å². The molecule has 0 radical (unpaired) electrons. The molecule has 1 unspecified atom stereocenters. The Labute approximate surface area is 159 Å². The van der Waals surface area contributed by atoms with E-state index in [0.29, 0.717) is 0 Å². The van der Waals surface area contributed by atoms with Crippen molar-refractivity contribution in [3.63, 3.8) is 0 Å². The van der Waals surface area contributed by atoms with Crippen LogP contribution in [0.15, 0.2) is 52.7 Å². The van der Waals surface area contributed by atoms with Crippen molar-refractivity contribution in [1.29, 1.82) is 0 Å². The second kappa shape index (κ2) is 9.97. The maximum atomic E-state index is 11.4. The van der Waals surface area contributed by atoms with Crippen molar-refractivity contribution >= 4 is 32.2 Å². The minimum Gasteiger partial charge on any atom is -0.497 e. The van der Waals surface area contributed by atoms with Crippen LogP contribution in [0.25, 0.3) is 10.1 Å². The highest BCUT2D eigenvalue weighted by Gasteiger charge is 2.03. The smallest absolute Gasteiger partial charge is 0.119 e. The normalized spacial score (nSPS) is 11.2. The van der Waals surface area contributed by atoms with Gasteiger partial charge in [0, 0.05) is 15.0 Å². The fourth-order valence-electron chi connectivity index (χ4n) is 2.20. The summed E-state index contributed by atoms with van der Waals surface area (Å²) in [6, 6.07) is 12.9. The number of methoxy groups -OCH3 is 2. The molecule has 0 amide bonds. The number of aliphatic hydroxyl groups excluding tert-OH is 1. The zero-order valence-corrected chi connectivity index (χ0v) is 16.2. The summed E-state index contributed by atoms with van der Waals surface area (Å²) in [6.45, 7) is 0.0904. The molecule has 0 spiro atoms. The molecule has 0 saturated carbocycles. The second-order valence-electron chi connectivity index (χ2n) is 5.15. The van der Waals surface area contributed by atoms with Gasteiger partial charge in [-0.15, -0.1) is 17.8 Å². The molecule has 0 aliphatic carbocycles. The summed E-state index contributed by atoms with van der Waals surface area (Å²) < 4.78 is 22.6. The van der Waals surface area contributed by atoms with Gasteiger partial charge in [0.1, 0.15) is 11.5 Å². The zero-order valence-electron chi connectivity index (χ0n) is 14.6. The number of fused-ring (bicyclic) bond motifs is 1. The number of aliphatic hydroxyl groups is 1. The Hall–Kier alpha value is -2.33. The monoisotopic (exact) mass is 388 g/mol. The van der Waals surface area contributed by atoms with E-state index in [9.17, 15) is 4.21 Å². The Morgan fingerprint density at radius 1 is 1.12 bits per heavy atom. The highest BCUT2D eigenvalue weighted by atomic mass is 32.2. The first-order valence-electron chi connectivity index (χ1n) is 7.73. The fraction of sp³-hybridized carbons (Fsp3) is 0.200. The molecule has 4 nitrogen and oxygen atoms in total. The molecule has 136 valence electrons. The van der Waals surface area contributed by atoms with Gasteiger partial charge in [-0.2, -0.15) is 0 Å². The summed E-state index contributed by atoms with van der Waals surface area (Å²) in [5.41, 5.74) is 0.971. The Morgan fingerprint density at radius 3 is 2.35 bits per heavy atom. The lowest BCUT2D eigenvalue weighted by molar-refractivity contribution is 0.284. The lowest BCUT2D eigenvalue weighted by Crippen LogP contribution is -1.95. The van der Waals surface area contributed by atoms with Gasteiger partial charge in [-0.25, -0.2) is 0 Å². The summed E-state index contributed by atoms with van der Waals surface area (Å²) >= 11 is 1.64. The van der Waals surface area contributed by atoms with Crippen LogP contribution in [0.2, 0.25) is 0 Å². The third-order valence-electron chi connectivity index (χ3n) is 3.57. The molecule has 0 saturated heterocycles. The minimum absolute atomic E-state index is 0.0904. The van der Waals surface area contributed by atoms with E-state index >= 15 is 0 Å². The lowest BCUT2D eigenvalue weighted by Gasteiger charge is -2.00. The van der Waals surface area contributed by atoms with Crippen LogP contribution in [-0.2, 0) is 17.4 Å². The Kier molecular flexibility index (Phi) is 7.67. The van der Waals surface area contributed by atoms with Crippen LogP contribution >= 0.6 is 11.3 Å². The summed E-state index contributed by atoms with van der Waals surface area (Å²) in [5.74, 6) is 4.20. The molecule has 0 fully saturated rings. The van der Waals surface area contributed by atoms with Crippen molar-refractivity contribution in [2.24, 2.45) is 0 Å². The molecular weight excluding hydrogens is 368 g/mol. The predicted octanol–water partition coefficient (Wildman–Crippen LogP) is 3.84. The van der Waals surface area contributed by atoms with Crippen molar-refractivity contribution in [3.8, 4) is 23.8 Å². The summed E-state index contributed by atoms with van der Waals surface area (Å²) in [5, 5.41) is 12.1. The molecule has 1 aromatic heterocycles. The van der Waals surface area contributed by atoms with E-state index in [1.807, 2.05) is 23.6 Å². The second-order valence-corrected chi connectivity index (χ2v) is 7.51. The van der Waals surface area contributed by atoms with Gasteiger partial charge in [0.15, 0.2) is 0 Å². The van der Waals surface area contributed by atoms with Crippen LogP contribution in [-0.4, -0.2) is 29.3 Å². The first-order valence-corrected chi connectivity index (χ1v) is 9.93. The van der Waals surface area contributed by atoms with Gasteiger partial charge < -0.3 is 14.6 Å². The quantitative estimate of drug-likeness (QED) is 0.675. The number of hydrogen-bond donors (Lipinski definition) is 1. The van der Waals surface area contributed by atoms with E-state index in [4.69, 9.17) is 21.0 Å². The van der Waals surface area contributed by atoms with Gasteiger partial charge >= 0.3 is 0 Å². The van der Waals surface area contributed by atoms with Crippen molar-refractivity contribution in [2.75, 3.05) is 20.0 Å². The fourth-order valence-corrected chi connectivity index (χ4v) is 3.89. The highest BCUT2D eigenvalue weighted by molar-refractivity contribution is 7.85. The van der Waals surface area contributed by atoms with Gasteiger partial charge in [0.25, 0.3) is 0 Å². The molecule has 0 aliphatic heterocycles. The van der Waals surface area contributed by atoms with Crippen LogP contribution in [0.3, 0.4) is 0 Å². The summed E-state index contributed by atoms with van der Waals surface area (Å²) in [7, 11) is 2.15. The molecule has 0 aliphatic rings. The maximum Gasteiger partial charge on any atom is 0.119 e. The van der Waals surface area contributed by atoms with Crippen LogP contribution in [0.4, 0.5) is 0 Å². The van der Waals surface area contributed by atoms with E-state index in [1.165, 1.54) is 4.70 Å². The Morgan fingerprint density at radius 2 is 1.77 bits per heavy atom. The Bertz CT molecular complexity index is 908. The van der Waals surface area contributed by atoms with Crippen LogP contribution in [0, 0.1) is 12.3 Å². The molecule has 2 aromatic carbocycles. The van der Waals surface area contributed by atoms with E-state index in [0.717, 1.165) is 27.3 Å². The summed E-state index contributed by atoms with van der Waals surface area (Å²) in [6.07, 6.45) is 5.06. The van der Waals surface area contributed by atoms with Gasteiger partial charge in [0.05, 0.1) is 37.4 Å². The molecule has 3 rings (SSSR count). The molecule has 6 heteroatoms. The molecule has 1 atom stereocenters. The SMILES string of the molecule is C#CCS(=O)c1ccc(OC)cc1.COc1ccc2scc(CO)c2c1. The van der Waals surface area contributed by atoms with E-state index in [2.05, 4.69) is 5.92 Å². The number of rotatable bonds is 5.